The van der Waals surface area contributed by atoms with Crippen LogP contribution in [0.5, 0.6) is 0 Å². The van der Waals surface area contributed by atoms with Crippen molar-refractivity contribution in [3.8, 4) is 0 Å². The Labute approximate surface area is 113 Å². The van der Waals surface area contributed by atoms with Gasteiger partial charge in [-0.05, 0) is 37.6 Å². The van der Waals surface area contributed by atoms with Crippen LogP contribution in [0.15, 0.2) is 30.6 Å². The van der Waals surface area contributed by atoms with Crippen molar-refractivity contribution in [2.24, 2.45) is 0 Å². The first-order valence-corrected chi connectivity index (χ1v) is 6.61. The first kappa shape index (κ1) is 13.7. The number of hydrogen-bond acceptors (Lipinski definition) is 2. The van der Waals surface area contributed by atoms with E-state index in [0.717, 1.165) is 24.1 Å². The summed E-state index contributed by atoms with van der Waals surface area (Å²) in [7, 11) is 1.87. The zero-order chi connectivity index (χ0) is 13.8. The fraction of sp³-hybridized carbons (Fsp3) is 0.400. The predicted molar refractivity (Wildman–Crippen MR) is 74.6 cm³/mol. The number of hydrogen-bond donors (Lipinski definition) is 1. The molecular formula is C15H20FN3. The lowest BCUT2D eigenvalue weighted by Gasteiger charge is -2.15. The Morgan fingerprint density at radius 2 is 2.16 bits per heavy atom. The Morgan fingerprint density at radius 1 is 1.37 bits per heavy atom. The summed E-state index contributed by atoms with van der Waals surface area (Å²) in [6.07, 6.45) is 4.90. The Bertz CT molecular complexity index is 548. The average Bonchev–Trinajstić information content (AvgIpc) is 2.83. The highest BCUT2D eigenvalue weighted by Crippen LogP contribution is 2.23. The van der Waals surface area contributed by atoms with Gasteiger partial charge >= 0.3 is 0 Å². The average molecular weight is 261 g/mol. The highest BCUT2D eigenvalue weighted by atomic mass is 19.1. The van der Waals surface area contributed by atoms with Gasteiger partial charge in [0.1, 0.15) is 5.82 Å². The van der Waals surface area contributed by atoms with Crippen LogP contribution in [0, 0.1) is 12.7 Å². The van der Waals surface area contributed by atoms with Gasteiger partial charge in [-0.1, -0.05) is 19.1 Å². The molecule has 1 unspecified atom stereocenters. The summed E-state index contributed by atoms with van der Waals surface area (Å²) in [6.45, 7) is 4.79. The molecule has 0 aliphatic heterocycles. The van der Waals surface area contributed by atoms with Gasteiger partial charge < -0.3 is 5.32 Å². The van der Waals surface area contributed by atoms with Crippen LogP contribution in [0.3, 0.4) is 0 Å². The number of nitrogens with one attached hydrogen (secondary N) is 1. The maximum absolute atomic E-state index is 13.7. The van der Waals surface area contributed by atoms with Crippen molar-refractivity contribution in [3.05, 3.63) is 53.1 Å². The van der Waals surface area contributed by atoms with Gasteiger partial charge in [0, 0.05) is 18.3 Å². The second-order valence-corrected chi connectivity index (χ2v) is 4.77. The first-order valence-electron chi connectivity index (χ1n) is 6.61. The number of aryl methyl sites for hydroxylation is 2. The standard InChI is InChI=1S/C15H20FN3/c1-4-7-19-10-13(9-18-19)15(17-3)12-6-5-11(2)14(16)8-12/h5-6,8-10,15,17H,4,7H2,1-3H3. The smallest absolute Gasteiger partial charge is 0.126 e. The fourth-order valence-corrected chi connectivity index (χ4v) is 2.19. The summed E-state index contributed by atoms with van der Waals surface area (Å²) >= 11 is 0. The van der Waals surface area contributed by atoms with Gasteiger partial charge in [-0.25, -0.2) is 4.39 Å². The zero-order valence-electron chi connectivity index (χ0n) is 11.7. The van der Waals surface area contributed by atoms with E-state index in [9.17, 15) is 4.39 Å². The molecule has 0 saturated carbocycles. The maximum atomic E-state index is 13.7. The van der Waals surface area contributed by atoms with E-state index in [1.165, 1.54) is 0 Å². The minimum atomic E-state index is -0.168. The molecule has 1 heterocycles. The van der Waals surface area contributed by atoms with E-state index in [1.54, 1.807) is 13.0 Å². The molecule has 4 heteroatoms. The van der Waals surface area contributed by atoms with Crippen LogP contribution in [0.25, 0.3) is 0 Å². The topological polar surface area (TPSA) is 29.9 Å². The van der Waals surface area contributed by atoms with Crippen molar-refractivity contribution in [2.45, 2.75) is 32.9 Å². The molecule has 0 fully saturated rings. The molecule has 0 radical (unpaired) electrons. The molecule has 0 aliphatic rings. The van der Waals surface area contributed by atoms with Crippen molar-refractivity contribution in [2.75, 3.05) is 7.05 Å². The summed E-state index contributed by atoms with van der Waals surface area (Å²) in [6, 6.07) is 5.33. The monoisotopic (exact) mass is 261 g/mol. The molecule has 102 valence electrons. The normalized spacial score (nSPS) is 12.6. The summed E-state index contributed by atoms with van der Waals surface area (Å²) in [5.74, 6) is -0.168. The van der Waals surface area contributed by atoms with Crippen molar-refractivity contribution in [1.82, 2.24) is 15.1 Å². The molecule has 2 aromatic rings. The van der Waals surface area contributed by atoms with E-state index >= 15 is 0 Å². The molecule has 0 amide bonds. The Balaban J connectivity index is 2.29. The maximum Gasteiger partial charge on any atom is 0.126 e. The largest absolute Gasteiger partial charge is 0.309 e. The van der Waals surface area contributed by atoms with Gasteiger partial charge in [0.25, 0.3) is 0 Å². The molecule has 1 aromatic carbocycles. The summed E-state index contributed by atoms with van der Waals surface area (Å²) < 4.78 is 15.6. The van der Waals surface area contributed by atoms with Crippen molar-refractivity contribution in [1.29, 1.82) is 0 Å². The molecule has 2 rings (SSSR count). The van der Waals surface area contributed by atoms with Gasteiger partial charge in [-0.15, -0.1) is 0 Å². The second-order valence-electron chi connectivity index (χ2n) is 4.77. The fourth-order valence-electron chi connectivity index (χ4n) is 2.19. The number of rotatable bonds is 5. The van der Waals surface area contributed by atoms with Crippen LogP contribution in [-0.2, 0) is 6.54 Å². The molecule has 3 nitrogen and oxygen atoms in total. The second kappa shape index (κ2) is 5.97. The lowest BCUT2D eigenvalue weighted by molar-refractivity contribution is 0.598. The highest BCUT2D eigenvalue weighted by Gasteiger charge is 2.15. The molecule has 0 bridgehead atoms. The van der Waals surface area contributed by atoms with Gasteiger partial charge in [-0.3, -0.25) is 4.68 Å². The lowest BCUT2D eigenvalue weighted by Crippen LogP contribution is -2.17. The van der Waals surface area contributed by atoms with Crippen LogP contribution in [0.2, 0.25) is 0 Å². The van der Waals surface area contributed by atoms with E-state index in [1.807, 2.05) is 36.3 Å². The van der Waals surface area contributed by atoms with E-state index in [4.69, 9.17) is 0 Å². The Hall–Kier alpha value is -1.68. The first-order chi connectivity index (χ1) is 9.15. The van der Waals surface area contributed by atoms with E-state index in [2.05, 4.69) is 17.3 Å². The highest BCUT2D eigenvalue weighted by molar-refractivity contribution is 5.32. The minimum Gasteiger partial charge on any atom is -0.309 e. The summed E-state index contributed by atoms with van der Waals surface area (Å²) in [5.41, 5.74) is 2.64. The van der Waals surface area contributed by atoms with E-state index < -0.39 is 0 Å². The van der Waals surface area contributed by atoms with Crippen molar-refractivity contribution >= 4 is 0 Å². The molecule has 19 heavy (non-hydrogen) atoms. The molecule has 0 aliphatic carbocycles. The molecule has 1 aromatic heterocycles. The van der Waals surface area contributed by atoms with Gasteiger partial charge in [0.05, 0.1) is 12.2 Å². The van der Waals surface area contributed by atoms with Crippen LogP contribution in [0.1, 0.15) is 36.1 Å². The number of benzene rings is 1. The van der Waals surface area contributed by atoms with E-state index in [0.29, 0.717) is 5.56 Å². The van der Waals surface area contributed by atoms with Crippen molar-refractivity contribution < 1.29 is 4.39 Å². The van der Waals surface area contributed by atoms with Crippen LogP contribution < -0.4 is 5.32 Å². The third-order valence-electron chi connectivity index (χ3n) is 3.26. The van der Waals surface area contributed by atoms with Gasteiger partial charge in [0.15, 0.2) is 0 Å². The number of nitrogens with zero attached hydrogens (tertiary/aromatic N) is 2. The minimum absolute atomic E-state index is 0.0271. The SMILES string of the molecule is CCCn1cc(C(NC)c2ccc(C)c(F)c2)cn1. The third kappa shape index (κ3) is 3.01. The summed E-state index contributed by atoms with van der Waals surface area (Å²) in [5, 5.41) is 7.54. The number of aromatic nitrogens is 2. The van der Waals surface area contributed by atoms with E-state index in [-0.39, 0.29) is 11.9 Å². The molecule has 0 saturated heterocycles. The molecule has 1 atom stereocenters. The Morgan fingerprint density at radius 3 is 2.79 bits per heavy atom. The predicted octanol–water partition coefficient (Wildman–Crippen LogP) is 3.05. The summed E-state index contributed by atoms with van der Waals surface area (Å²) in [4.78, 5) is 0. The quantitative estimate of drug-likeness (QED) is 0.896. The number of halogens is 1. The van der Waals surface area contributed by atoms with Crippen molar-refractivity contribution in [3.63, 3.8) is 0 Å². The van der Waals surface area contributed by atoms with Gasteiger partial charge in [-0.2, -0.15) is 5.10 Å². The molecule has 1 N–H and O–H groups in total. The Kier molecular flexibility index (Phi) is 4.32. The molecular weight excluding hydrogens is 241 g/mol. The third-order valence-corrected chi connectivity index (χ3v) is 3.26. The zero-order valence-corrected chi connectivity index (χ0v) is 11.7. The van der Waals surface area contributed by atoms with Crippen LogP contribution in [0.4, 0.5) is 4.39 Å². The van der Waals surface area contributed by atoms with Gasteiger partial charge in [0.2, 0.25) is 0 Å². The molecule has 0 spiro atoms. The lowest BCUT2D eigenvalue weighted by atomic mass is 10.0. The van der Waals surface area contributed by atoms with Crippen LogP contribution >= 0.6 is 0 Å². The van der Waals surface area contributed by atoms with Crippen LogP contribution in [-0.4, -0.2) is 16.8 Å².